The largest absolute Gasteiger partial charge is 0.467 e. The molecule has 6 heteroatoms. The SMILES string of the molecule is Cc1ccc(C)cc1.Cc1ccc(C)o1.Cc1ccc(C)s1.Cc1cnc(C)s1.Cc1cnc(C)s1. The van der Waals surface area contributed by atoms with Gasteiger partial charge < -0.3 is 4.42 Å². The van der Waals surface area contributed by atoms with Crippen molar-refractivity contribution in [2.75, 3.05) is 0 Å². The maximum Gasteiger partial charge on any atom is 0.101 e. The molecule has 5 aromatic rings. The lowest BCUT2D eigenvalue weighted by Gasteiger charge is -1.90. The average Bonchev–Trinajstić information content (AvgIpc) is 3.58. The van der Waals surface area contributed by atoms with Gasteiger partial charge in [0.05, 0.1) is 10.0 Å². The Hall–Kier alpha value is -2.54. The molecule has 194 valence electrons. The number of furan rings is 1. The van der Waals surface area contributed by atoms with Gasteiger partial charge in [0.25, 0.3) is 0 Å². The van der Waals surface area contributed by atoms with Crippen LogP contribution in [0.15, 0.2) is 65.3 Å². The van der Waals surface area contributed by atoms with Crippen LogP contribution in [-0.2, 0) is 0 Å². The molecule has 0 aliphatic carbocycles. The fraction of sp³-hybridized carbons (Fsp3) is 0.333. The molecule has 0 aliphatic heterocycles. The lowest BCUT2D eigenvalue weighted by Crippen LogP contribution is -1.70. The third kappa shape index (κ3) is 15.5. The van der Waals surface area contributed by atoms with Crippen molar-refractivity contribution in [3.8, 4) is 0 Å². The fourth-order valence-corrected chi connectivity index (χ4v) is 4.82. The zero-order chi connectivity index (χ0) is 27.1. The summed E-state index contributed by atoms with van der Waals surface area (Å²) in [6.07, 6.45) is 3.78. The number of aromatic nitrogens is 2. The van der Waals surface area contributed by atoms with E-state index in [0.29, 0.717) is 0 Å². The van der Waals surface area contributed by atoms with Gasteiger partial charge in [-0.2, -0.15) is 0 Å². The number of benzene rings is 1. The van der Waals surface area contributed by atoms with E-state index in [1.165, 1.54) is 30.6 Å². The zero-order valence-corrected chi connectivity index (χ0v) is 25.8. The Morgan fingerprint density at radius 2 is 0.806 bits per heavy atom. The highest BCUT2D eigenvalue weighted by Gasteiger charge is 1.87. The highest BCUT2D eigenvalue weighted by Crippen LogP contribution is 2.12. The second-order valence-electron chi connectivity index (χ2n) is 8.45. The first-order valence-corrected chi connectivity index (χ1v) is 14.3. The topological polar surface area (TPSA) is 38.9 Å². The zero-order valence-electron chi connectivity index (χ0n) is 23.3. The number of thiazole rings is 2. The molecular weight excluding hydrogens is 501 g/mol. The Kier molecular flexibility index (Phi) is 14.9. The number of hydrogen-bond acceptors (Lipinski definition) is 6. The first kappa shape index (κ1) is 31.5. The summed E-state index contributed by atoms with van der Waals surface area (Å²) in [5.41, 5.74) is 2.66. The van der Waals surface area contributed by atoms with Crippen molar-refractivity contribution in [1.29, 1.82) is 0 Å². The molecule has 4 heterocycles. The van der Waals surface area contributed by atoms with Crippen molar-refractivity contribution in [3.63, 3.8) is 0 Å². The van der Waals surface area contributed by atoms with Gasteiger partial charge in [-0.25, -0.2) is 9.97 Å². The van der Waals surface area contributed by atoms with Gasteiger partial charge in [0.1, 0.15) is 11.5 Å². The summed E-state index contributed by atoms with van der Waals surface area (Å²) < 4.78 is 5.08. The molecule has 0 saturated heterocycles. The van der Waals surface area contributed by atoms with Crippen LogP contribution in [0.1, 0.15) is 52.2 Å². The van der Waals surface area contributed by atoms with E-state index in [0.717, 1.165) is 21.5 Å². The molecule has 0 fully saturated rings. The lowest BCUT2D eigenvalue weighted by atomic mass is 10.2. The molecule has 3 nitrogen and oxygen atoms in total. The van der Waals surface area contributed by atoms with Crippen molar-refractivity contribution < 1.29 is 4.42 Å². The molecule has 0 amide bonds. The Morgan fingerprint density at radius 3 is 0.944 bits per heavy atom. The minimum Gasteiger partial charge on any atom is -0.467 e. The minimum absolute atomic E-state index is 0.984. The van der Waals surface area contributed by atoms with E-state index in [2.05, 4.69) is 87.9 Å². The Balaban J connectivity index is 0.000000225. The summed E-state index contributed by atoms with van der Waals surface area (Å²) in [5, 5.41) is 2.30. The summed E-state index contributed by atoms with van der Waals surface area (Å²) in [7, 11) is 0. The molecule has 5 rings (SSSR count). The van der Waals surface area contributed by atoms with Crippen LogP contribution in [0.3, 0.4) is 0 Å². The molecule has 0 unspecified atom stereocenters. The van der Waals surface area contributed by atoms with Crippen molar-refractivity contribution >= 4 is 34.0 Å². The highest BCUT2D eigenvalue weighted by atomic mass is 32.1. The van der Waals surface area contributed by atoms with E-state index in [1.54, 1.807) is 22.7 Å². The monoisotopic (exact) mass is 540 g/mol. The second kappa shape index (κ2) is 17.0. The van der Waals surface area contributed by atoms with Crippen LogP contribution in [-0.4, -0.2) is 9.97 Å². The maximum atomic E-state index is 5.08. The third-order valence-corrected chi connectivity index (χ3v) is 7.01. The van der Waals surface area contributed by atoms with E-state index >= 15 is 0 Å². The van der Waals surface area contributed by atoms with Gasteiger partial charge in [-0.15, -0.1) is 34.0 Å². The first-order valence-electron chi connectivity index (χ1n) is 11.8. The van der Waals surface area contributed by atoms with E-state index in [9.17, 15) is 0 Å². The van der Waals surface area contributed by atoms with Gasteiger partial charge in [0.15, 0.2) is 0 Å². The molecule has 4 aromatic heterocycles. The number of nitrogens with zero attached hydrogens (tertiary/aromatic N) is 2. The van der Waals surface area contributed by atoms with Gasteiger partial charge in [0.2, 0.25) is 0 Å². The molecule has 0 spiro atoms. The summed E-state index contributed by atoms with van der Waals surface area (Å²) >= 11 is 5.31. The summed E-state index contributed by atoms with van der Waals surface area (Å²) in [4.78, 5) is 13.4. The predicted molar refractivity (Wildman–Crippen MR) is 161 cm³/mol. The van der Waals surface area contributed by atoms with Crippen LogP contribution in [0.25, 0.3) is 0 Å². The van der Waals surface area contributed by atoms with Crippen LogP contribution in [0.2, 0.25) is 0 Å². The van der Waals surface area contributed by atoms with Crippen LogP contribution in [0, 0.1) is 69.2 Å². The standard InChI is InChI=1S/C8H10.C6H8O.C6H8S.2C5H7NS/c1-7-3-5-8(2)6-4-7;2*1-5-3-4-6(2)7-5;2*1-4-3-6-5(2)7-4/h3-6H,1-2H3;2*3-4H,1-2H3;2*3H,1-2H3. The van der Waals surface area contributed by atoms with Crippen molar-refractivity contribution in [2.45, 2.75) is 69.2 Å². The Morgan fingerprint density at radius 1 is 0.444 bits per heavy atom. The van der Waals surface area contributed by atoms with Crippen LogP contribution in [0.5, 0.6) is 0 Å². The summed E-state index contributed by atoms with van der Waals surface area (Å²) in [6, 6.07) is 16.7. The molecule has 0 radical (unpaired) electrons. The number of thiophene rings is 1. The first-order chi connectivity index (χ1) is 16.9. The van der Waals surface area contributed by atoms with E-state index < -0.39 is 0 Å². The van der Waals surface area contributed by atoms with E-state index in [-0.39, 0.29) is 0 Å². The summed E-state index contributed by atoms with van der Waals surface area (Å²) in [6.45, 7) is 20.5. The van der Waals surface area contributed by atoms with Gasteiger partial charge in [-0.05, 0) is 93.5 Å². The number of aryl methyl sites for hydroxylation is 10. The summed E-state index contributed by atoms with van der Waals surface area (Å²) in [5.74, 6) is 1.97. The Bertz CT molecular complexity index is 1000. The molecule has 1 aromatic carbocycles. The highest BCUT2D eigenvalue weighted by molar-refractivity contribution is 7.12. The van der Waals surface area contributed by atoms with Crippen LogP contribution >= 0.6 is 34.0 Å². The molecule has 0 aliphatic rings. The molecule has 0 bridgehead atoms. The van der Waals surface area contributed by atoms with Gasteiger partial charge in [0, 0.05) is 31.9 Å². The molecule has 0 atom stereocenters. The maximum absolute atomic E-state index is 5.08. The molecule has 0 N–H and O–H groups in total. The fourth-order valence-electron chi connectivity index (χ4n) is 2.69. The number of hydrogen-bond donors (Lipinski definition) is 0. The average molecular weight is 541 g/mol. The lowest BCUT2D eigenvalue weighted by molar-refractivity contribution is 0.504. The predicted octanol–water partition coefficient (Wildman–Crippen LogP) is 10.1. The smallest absolute Gasteiger partial charge is 0.101 e. The Labute approximate surface area is 229 Å². The van der Waals surface area contributed by atoms with E-state index in [1.807, 2.05) is 63.6 Å². The molecule has 36 heavy (non-hydrogen) atoms. The number of rotatable bonds is 0. The van der Waals surface area contributed by atoms with Crippen LogP contribution < -0.4 is 0 Å². The third-order valence-electron chi connectivity index (χ3n) is 4.44. The quantitative estimate of drug-likeness (QED) is 0.196. The van der Waals surface area contributed by atoms with E-state index in [4.69, 9.17) is 4.42 Å². The molecule has 0 saturated carbocycles. The van der Waals surface area contributed by atoms with Gasteiger partial charge >= 0.3 is 0 Å². The van der Waals surface area contributed by atoms with Crippen LogP contribution in [0.4, 0.5) is 0 Å². The van der Waals surface area contributed by atoms with Crippen molar-refractivity contribution in [1.82, 2.24) is 9.97 Å². The normalized spacial score (nSPS) is 9.39. The van der Waals surface area contributed by atoms with Crippen molar-refractivity contribution in [3.05, 3.63) is 113 Å². The molecular formula is C30H40N2OS3. The second-order valence-corrected chi connectivity index (χ2v) is 12.8. The van der Waals surface area contributed by atoms with Gasteiger partial charge in [-0.1, -0.05) is 35.4 Å². The van der Waals surface area contributed by atoms with Crippen molar-refractivity contribution in [2.24, 2.45) is 0 Å². The van der Waals surface area contributed by atoms with Gasteiger partial charge in [-0.3, -0.25) is 0 Å². The minimum atomic E-state index is 0.984.